The molecule has 4 aromatic heterocycles. The lowest BCUT2D eigenvalue weighted by atomic mass is 9.73. The third kappa shape index (κ3) is 4.78. The molecule has 11 aromatic rings. The van der Waals surface area contributed by atoms with Crippen LogP contribution in [0, 0.1) is 0 Å². The van der Waals surface area contributed by atoms with Crippen LogP contribution < -0.4 is 25.6 Å². The SMILES string of the molecule is CC1(C)c2ccc([Si](c3ccccc3)(c3ccccc3)c3ccc4c5ccccc5n5ccnc5c4c3)cc2N(c2ccccn2)c2cc3c(cc21)oc1ccccc13. The van der Waals surface area contributed by atoms with Crippen molar-refractivity contribution in [1.29, 1.82) is 0 Å². The van der Waals surface area contributed by atoms with E-state index in [1.54, 1.807) is 0 Å². The molecule has 0 bridgehead atoms. The van der Waals surface area contributed by atoms with Crippen LogP contribution >= 0.6 is 0 Å². The molecule has 59 heavy (non-hydrogen) atoms. The Hall–Kier alpha value is -7.28. The third-order valence-electron chi connectivity index (χ3n) is 12.8. The number of nitrogens with zero attached hydrogens (tertiary/aromatic N) is 4. The first-order valence-corrected chi connectivity index (χ1v) is 22.2. The van der Waals surface area contributed by atoms with Crippen molar-refractivity contribution >= 4 is 95.3 Å². The second-order valence-corrected chi connectivity index (χ2v) is 20.0. The first-order chi connectivity index (χ1) is 29.0. The van der Waals surface area contributed by atoms with E-state index in [-0.39, 0.29) is 5.41 Å². The number of aromatic nitrogens is 3. The highest BCUT2D eigenvalue weighted by Gasteiger charge is 2.45. The number of pyridine rings is 2. The van der Waals surface area contributed by atoms with Crippen LogP contribution in [-0.2, 0) is 5.41 Å². The number of hydrogen-bond donors (Lipinski definition) is 0. The first kappa shape index (κ1) is 33.8. The molecule has 1 aliphatic rings. The molecule has 6 heteroatoms. The van der Waals surface area contributed by atoms with Gasteiger partial charge in [-0.1, -0.05) is 147 Å². The summed E-state index contributed by atoms with van der Waals surface area (Å²) in [7, 11) is -3.05. The van der Waals surface area contributed by atoms with E-state index in [1.165, 1.54) is 42.6 Å². The predicted molar refractivity (Wildman–Crippen MR) is 246 cm³/mol. The van der Waals surface area contributed by atoms with E-state index in [0.29, 0.717) is 0 Å². The fourth-order valence-corrected chi connectivity index (χ4v) is 14.9. The summed E-state index contributed by atoms with van der Waals surface area (Å²) in [6, 6.07) is 64.7. The first-order valence-electron chi connectivity index (χ1n) is 20.2. The Morgan fingerprint density at radius 2 is 1.15 bits per heavy atom. The van der Waals surface area contributed by atoms with Crippen LogP contribution in [0.3, 0.4) is 0 Å². The Balaban J connectivity index is 1.19. The highest BCUT2D eigenvalue weighted by Crippen LogP contribution is 2.53. The van der Waals surface area contributed by atoms with E-state index in [1.807, 2.05) is 24.5 Å². The van der Waals surface area contributed by atoms with Crippen molar-refractivity contribution in [2.24, 2.45) is 0 Å². The summed E-state index contributed by atoms with van der Waals surface area (Å²) in [5.74, 6) is 0.876. The third-order valence-corrected chi connectivity index (χ3v) is 17.6. The minimum atomic E-state index is -3.05. The van der Waals surface area contributed by atoms with Crippen molar-refractivity contribution in [2.75, 3.05) is 4.90 Å². The Morgan fingerprint density at radius 3 is 1.93 bits per heavy atom. The Labute approximate surface area is 342 Å². The lowest BCUT2D eigenvalue weighted by Crippen LogP contribution is -2.74. The molecule has 0 atom stereocenters. The largest absolute Gasteiger partial charge is 0.456 e. The molecule has 0 fully saturated rings. The molecule has 12 rings (SSSR count). The molecule has 1 aliphatic heterocycles. The summed E-state index contributed by atoms with van der Waals surface area (Å²) in [5.41, 5.74) is 8.26. The van der Waals surface area contributed by atoms with Gasteiger partial charge in [-0.3, -0.25) is 9.30 Å². The van der Waals surface area contributed by atoms with Crippen molar-refractivity contribution in [3.8, 4) is 0 Å². The molecular weight excluding hydrogens is 737 g/mol. The van der Waals surface area contributed by atoms with Crippen LogP contribution in [0.25, 0.3) is 49.3 Å². The van der Waals surface area contributed by atoms with E-state index in [9.17, 15) is 0 Å². The molecule has 0 saturated carbocycles. The minimum Gasteiger partial charge on any atom is -0.456 e. The molecule has 0 unspecified atom stereocenters. The number of hydrogen-bond acceptors (Lipinski definition) is 4. The van der Waals surface area contributed by atoms with E-state index in [4.69, 9.17) is 14.4 Å². The maximum Gasteiger partial charge on any atom is 0.179 e. The van der Waals surface area contributed by atoms with Gasteiger partial charge in [0.2, 0.25) is 0 Å². The monoisotopic (exact) mass is 774 g/mol. The zero-order chi connectivity index (χ0) is 39.3. The molecule has 5 nitrogen and oxygen atoms in total. The van der Waals surface area contributed by atoms with Crippen molar-refractivity contribution in [2.45, 2.75) is 19.3 Å². The van der Waals surface area contributed by atoms with Gasteiger partial charge in [-0.25, -0.2) is 9.97 Å². The lowest BCUT2D eigenvalue weighted by molar-refractivity contribution is 0.625. The molecule has 0 aliphatic carbocycles. The van der Waals surface area contributed by atoms with Gasteiger partial charge in [-0.2, -0.15) is 0 Å². The van der Waals surface area contributed by atoms with Crippen LogP contribution in [0.5, 0.6) is 0 Å². The summed E-state index contributed by atoms with van der Waals surface area (Å²) in [4.78, 5) is 12.4. The van der Waals surface area contributed by atoms with Gasteiger partial charge in [0.05, 0.1) is 16.9 Å². The maximum atomic E-state index is 6.49. The fraction of sp³-hybridized carbons (Fsp3) is 0.0566. The summed E-state index contributed by atoms with van der Waals surface area (Å²) in [5, 5.41) is 11.0. The Morgan fingerprint density at radius 1 is 0.475 bits per heavy atom. The maximum absolute atomic E-state index is 6.49. The zero-order valence-electron chi connectivity index (χ0n) is 32.7. The lowest BCUT2D eigenvalue weighted by Gasteiger charge is -2.43. The van der Waals surface area contributed by atoms with Crippen LogP contribution in [0.15, 0.2) is 199 Å². The minimum absolute atomic E-state index is 0.346. The number of fused-ring (bicyclic) bond motifs is 11. The van der Waals surface area contributed by atoms with Gasteiger partial charge < -0.3 is 4.42 Å². The normalized spacial score (nSPS) is 13.7. The molecule has 0 spiro atoms. The second-order valence-electron chi connectivity index (χ2n) is 16.2. The molecular formula is C53H38N4OSi. The van der Waals surface area contributed by atoms with Gasteiger partial charge in [0.1, 0.15) is 22.6 Å². The zero-order valence-corrected chi connectivity index (χ0v) is 33.7. The average molecular weight is 775 g/mol. The molecule has 5 heterocycles. The van der Waals surface area contributed by atoms with Gasteiger partial charge in [-0.05, 0) is 79.7 Å². The fourth-order valence-electron chi connectivity index (χ4n) is 10.1. The highest BCUT2D eigenvalue weighted by atomic mass is 28.3. The van der Waals surface area contributed by atoms with E-state index in [2.05, 4.69) is 193 Å². The van der Waals surface area contributed by atoms with Gasteiger partial charge in [0, 0.05) is 45.6 Å². The topological polar surface area (TPSA) is 46.6 Å². The Kier molecular flexibility index (Phi) is 7.23. The van der Waals surface area contributed by atoms with Crippen LogP contribution in [0.4, 0.5) is 17.2 Å². The molecule has 0 radical (unpaired) electrons. The van der Waals surface area contributed by atoms with E-state index >= 15 is 0 Å². The van der Waals surface area contributed by atoms with Crippen LogP contribution in [0.1, 0.15) is 25.0 Å². The molecule has 0 N–H and O–H groups in total. The molecule has 0 saturated heterocycles. The summed E-state index contributed by atoms with van der Waals surface area (Å²) >= 11 is 0. The average Bonchev–Trinajstić information content (AvgIpc) is 3.93. The summed E-state index contributed by atoms with van der Waals surface area (Å²) in [6.07, 6.45) is 5.90. The smallest absolute Gasteiger partial charge is 0.179 e. The van der Waals surface area contributed by atoms with E-state index in [0.717, 1.165) is 55.7 Å². The van der Waals surface area contributed by atoms with Crippen molar-refractivity contribution in [3.05, 3.63) is 206 Å². The molecule has 280 valence electrons. The second kappa shape index (κ2) is 12.6. The van der Waals surface area contributed by atoms with Gasteiger partial charge >= 0.3 is 0 Å². The molecule has 7 aromatic carbocycles. The number of furan rings is 1. The standard InChI is InChI=1S/C53H38N4OSi/c1-53(2)44-27-25-38(32-47(44)57(51-23-13-14-28-54-51)48-33-42-41-20-10-12-22-49(41)58-50(42)34-45(48)53)59(35-15-5-3-6-16-35,36-17-7-4-8-18-36)37-24-26-39-40-19-9-11-21-46(40)56-30-29-55-52(56)43(39)31-37/h3-34H,1-2H3. The quantitative estimate of drug-likeness (QED) is 0.0993. The summed E-state index contributed by atoms with van der Waals surface area (Å²) in [6.45, 7) is 4.69. The van der Waals surface area contributed by atoms with Crippen molar-refractivity contribution in [1.82, 2.24) is 14.4 Å². The summed E-state index contributed by atoms with van der Waals surface area (Å²) < 4.78 is 8.73. The van der Waals surface area contributed by atoms with Gasteiger partial charge in [0.25, 0.3) is 0 Å². The Bertz CT molecular complexity index is 3390. The van der Waals surface area contributed by atoms with Crippen molar-refractivity contribution in [3.63, 3.8) is 0 Å². The number of para-hydroxylation sites is 2. The predicted octanol–water partition coefficient (Wildman–Crippen LogP) is 10.4. The van der Waals surface area contributed by atoms with Crippen LogP contribution in [-0.4, -0.2) is 22.4 Å². The van der Waals surface area contributed by atoms with E-state index < -0.39 is 8.07 Å². The van der Waals surface area contributed by atoms with Crippen LogP contribution in [0.2, 0.25) is 0 Å². The number of anilines is 3. The van der Waals surface area contributed by atoms with Crippen molar-refractivity contribution < 1.29 is 4.42 Å². The molecule has 0 amide bonds. The van der Waals surface area contributed by atoms with Gasteiger partial charge in [0.15, 0.2) is 8.07 Å². The van der Waals surface area contributed by atoms with Gasteiger partial charge in [-0.15, -0.1) is 0 Å². The number of rotatable bonds is 5. The number of benzene rings is 7. The number of imidazole rings is 1. The highest BCUT2D eigenvalue weighted by molar-refractivity contribution is 7.20.